The minimum absolute atomic E-state index is 0.00273. The molecule has 19 heavy (non-hydrogen) atoms. The number of nitrogens with one attached hydrogen (secondary N) is 1. The second-order valence-corrected chi connectivity index (χ2v) is 7.14. The molecule has 4 nitrogen and oxygen atoms in total. The molecule has 2 N–H and O–H groups in total. The molecular formula is C14H27NO3S. The quantitative estimate of drug-likeness (QED) is 0.640. The Morgan fingerprint density at radius 1 is 1.32 bits per heavy atom. The highest BCUT2D eigenvalue weighted by atomic mass is 32.2. The van der Waals surface area contributed by atoms with Crippen molar-refractivity contribution >= 4 is 23.6 Å². The van der Waals surface area contributed by atoms with Gasteiger partial charge in [-0.1, -0.05) is 34.1 Å². The number of amides is 1. The van der Waals surface area contributed by atoms with Crippen LogP contribution in [-0.4, -0.2) is 34.5 Å². The molecule has 0 bridgehead atoms. The number of unbranched alkanes of at least 4 members (excludes halogenated alkanes) is 1. The van der Waals surface area contributed by atoms with E-state index < -0.39 is 5.97 Å². The van der Waals surface area contributed by atoms with Crippen LogP contribution in [0.5, 0.6) is 0 Å². The molecule has 112 valence electrons. The summed E-state index contributed by atoms with van der Waals surface area (Å²) >= 11 is 1.61. The van der Waals surface area contributed by atoms with Gasteiger partial charge in [0, 0.05) is 6.04 Å². The number of hydrogen-bond acceptors (Lipinski definition) is 3. The normalized spacial score (nSPS) is 13.1. The topological polar surface area (TPSA) is 66.4 Å². The second kappa shape index (κ2) is 9.23. The minimum Gasteiger partial charge on any atom is -0.481 e. The maximum atomic E-state index is 11.8. The van der Waals surface area contributed by atoms with Crippen molar-refractivity contribution in [2.75, 3.05) is 11.5 Å². The van der Waals surface area contributed by atoms with Gasteiger partial charge in [-0.15, -0.1) is 0 Å². The number of aliphatic carboxylic acids is 1. The van der Waals surface area contributed by atoms with Gasteiger partial charge in [0.2, 0.25) is 5.91 Å². The Bertz CT molecular complexity index is 287. The van der Waals surface area contributed by atoms with Gasteiger partial charge in [-0.3, -0.25) is 9.59 Å². The average molecular weight is 289 g/mol. The molecule has 0 saturated carbocycles. The first-order valence-electron chi connectivity index (χ1n) is 6.83. The fraction of sp³-hybridized carbons (Fsp3) is 0.857. The highest BCUT2D eigenvalue weighted by Crippen LogP contribution is 2.22. The number of rotatable bonds is 9. The summed E-state index contributed by atoms with van der Waals surface area (Å²) in [6.07, 6.45) is 2.89. The summed E-state index contributed by atoms with van der Waals surface area (Å²) in [6.45, 7) is 8.25. The molecule has 1 unspecified atom stereocenters. The third kappa shape index (κ3) is 12.1. The lowest BCUT2D eigenvalue weighted by Crippen LogP contribution is -2.40. The monoisotopic (exact) mass is 289 g/mol. The van der Waals surface area contributed by atoms with Crippen LogP contribution in [0.15, 0.2) is 0 Å². The van der Waals surface area contributed by atoms with Gasteiger partial charge in [-0.25, -0.2) is 0 Å². The summed E-state index contributed by atoms with van der Waals surface area (Å²) in [5.41, 5.74) is 0.00273. The predicted molar refractivity (Wildman–Crippen MR) is 80.5 cm³/mol. The van der Waals surface area contributed by atoms with E-state index in [9.17, 15) is 9.59 Å². The zero-order valence-electron chi connectivity index (χ0n) is 12.5. The first-order chi connectivity index (χ1) is 8.74. The van der Waals surface area contributed by atoms with E-state index in [1.807, 2.05) is 20.8 Å². The largest absolute Gasteiger partial charge is 0.481 e. The Labute approximate surface area is 120 Å². The molecule has 0 aliphatic rings. The Hall–Kier alpha value is -0.710. The van der Waals surface area contributed by atoms with Gasteiger partial charge in [-0.2, -0.15) is 11.8 Å². The van der Waals surface area contributed by atoms with E-state index in [1.165, 1.54) is 0 Å². The molecule has 0 aliphatic heterocycles. The molecule has 0 aromatic rings. The summed E-state index contributed by atoms with van der Waals surface area (Å²) in [7, 11) is 0. The molecule has 0 aromatic carbocycles. The van der Waals surface area contributed by atoms with E-state index >= 15 is 0 Å². The van der Waals surface area contributed by atoms with Gasteiger partial charge in [0.25, 0.3) is 0 Å². The van der Waals surface area contributed by atoms with Crippen molar-refractivity contribution in [1.29, 1.82) is 0 Å². The lowest BCUT2D eigenvalue weighted by molar-refractivity contribution is -0.137. The predicted octanol–water partition coefficient (Wildman–Crippen LogP) is 2.92. The highest BCUT2D eigenvalue weighted by Gasteiger charge is 2.22. The van der Waals surface area contributed by atoms with Crippen LogP contribution in [0.1, 0.15) is 53.4 Å². The smallest absolute Gasteiger partial charge is 0.305 e. The summed E-state index contributed by atoms with van der Waals surface area (Å²) in [6, 6.07) is -0.281. The van der Waals surface area contributed by atoms with Gasteiger partial charge in [0.1, 0.15) is 0 Å². The van der Waals surface area contributed by atoms with Gasteiger partial charge in [0.05, 0.1) is 12.2 Å². The van der Waals surface area contributed by atoms with Gasteiger partial charge in [0.15, 0.2) is 0 Å². The molecule has 0 fully saturated rings. The molecule has 1 atom stereocenters. The van der Waals surface area contributed by atoms with E-state index in [2.05, 4.69) is 12.2 Å². The zero-order valence-corrected chi connectivity index (χ0v) is 13.3. The number of carbonyl (C=O) groups excluding carboxylic acids is 1. The average Bonchev–Trinajstić information content (AvgIpc) is 2.20. The molecule has 0 spiro atoms. The molecule has 5 heteroatoms. The van der Waals surface area contributed by atoms with E-state index in [0.717, 1.165) is 18.6 Å². The van der Waals surface area contributed by atoms with Crippen molar-refractivity contribution in [3.8, 4) is 0 Å². The number of thioether (sulfide) groups is 1. The molecule has 1 amide bonds. The molecule has 0 saturated heterocycles. The van der Waals surface area contributed by atoms with Crippen molar-refractivity contribution in [2.45, 2.75) is 59.4 Å². The summed E-state index contributed by atoms with van der Waals surface area (Å²) in [5, 5.41) is 11.7. The Morgan fingerprint density at radius 3 is 2.42 bits per heavy atom. The maximum absolute atomic E-state index is 11.8. The lowest BCUT2D eigenvalue weighted by atomic mass is 9.87. The number of carboxylic acid groups (broad SMARTS) is 1. The van der Waals surface area contributed by atoms with Crippen molar-refractivity contribution in [3.63, 3.8) is 0 Å². The third-order valence-corrected chi connectivity index (χ3v) is 3.56. The Balaban J connectivity index is 4.15. The van der Waals surface area contributed by atoms with Crippen LogP contribution in [0.25, 0.3) is 0 Å². The van der Waals surface area contributed by atoms with Crippen LogP contribution in [0.4, 0.5) is 0 Å². The zero-order chi connectivity index (χ0) is 14.9. The summed E-state index contributed by atoms with van der Waals surface area (Å²) in [4.78, 5) is 22.6. The van der Waals surface area contributed by atoms with Crippen molar-refractivity contribution in [1.82, 2.24) is 5.32 Å². The minimum atomic E-state index is -0.867. The molecule has 0 radical (unpaired) electrons. The first kappa shape index (κ1) is 18.3. The van der Waals surface area contributed by atoms with E-state index in [4.69, 9.17) is 5.11 Å². The fourth-order valence-electron chi connectivity index (χ4n) is 1.80. The molecular weight excluding hydrogens is 262 g/mol. The van der Waals surface area contributed by atoms with E-state index in [1.54, 1.807) is 11.8 Å². The Kier molecular flexibility index (Phi) is 8.89. The standard InChI is InChI=1S/C14H27NO3S/c1-5-6-7-19-10-12(16)15-11(8-13(17)18)9-14(2,3)4/h11H,5-10H2,1-4H3,(H,15,16)(H,17,18). The van der Waals surface area contributed by atoms with Crippen molar-refractivity contribution < 1.29 is 14.7 Å². The Morgan fingerprint density at radius 2 is 1.95 bits per heavy atom. The van der Waals surface area contributed by atoms with Crippen LogP contribution in [0.3, 0.4) is 0 Å². The fourth-order valence-corrected chi connectivity index (χ4v) is 2.71. The number of carbonyl (C=O) groups is 2. The van der Waals surface area contributed by atoms with Crippen LogP contribution in [-0.2, 0) is 9.59 Å². The van der Waals surface area contributed by atoms with Gasteiger partial charge >= 0.3 is 5.97 Å². The lowest BCUT2D eigenvalue weighted by Gasteiger charge is -2.25. The van der Waals surface area contributed by atoms with Crippen molar-refractivity contribution in [3.05, 3.63) is 0 Å². The highest BCUT2D eigenvalue weighted by molar-refractivity contribution is 7.99. The van der Waals surface area contributed by atoms with Gasteiger partial charge < -0.3 is 10.4 Å². The van der Waals surface area contributed by atoms with Crippen LogP contribution >= 0.6 is 11.8 Å². The van der Waals surface area contributed by atoms with Crippen molar-refractivity contribution in [2.24, 2.45) is 5.41 Å². The summed E-state index contributed by atoms with van der Waals surface area (Å²) in [5.74, 6) is 0.470. The molecule has 0 rings (SSSR count). The SMILES string of the molecule is CCCCSCC(=O)NC(CC(=O)O)CC(C)(C)C. The first-order valence-corrected chi connectivity index (χ1v) is 7.99. The maximum Gasteiger partial charge on any atom is 0.305 e. The van der Waals surface area contributed by atoms with Gasteiger partial charge in [-0.05, 0) is 24.0 Å². The van der Waals surface area contributed by atoms with E-state index in [0.29, 0.717) is 12.2 Å². The molecule has 0 aliphatic carbocycles. The number of hydrogen-bond donors (Lipinski definition) is 2. The van der Waals surface area contributed by atoms with Crippen LogP contribution in [0, 0.1) is 5.41 Å². The second-order valence-electron chi connectivity index (χ2n) is 6.03. The van der Waals surface area contributed by atoms with Crippen LogP contribution < -0.4 is 5.32 Å². The van der Waals surface area contributed by atoms with E-state index in [-0.39, 0.29) is 23.8 Å². The molecule has 0 aromatic heterocycles. The number of carboxylic acids is 1. The van der Waals surface area contributed by atoms with Crippen LogP contribution in [0.2, 0.25) is 0 Å². The molecule has 0 heterocycles. The summed E-state index contributed by atoms with van der Waals surface area (Å²) < 4.78 is 0. The third-order valence-electron chi connectivity index (χ3n) is 2.52.